The summed E-state index contributed by atoms with van der Waals surface area (Å²) >= 11 is 0. The average Bonchev–Trinajstić information content (AvgIpc) is 3.28. The maximum Gasteiger partial charge on any atom is 0.259 e. The topological polar surface area (TPSA) is 120 Å². The molecule has 0 fully saturated rings. The van der Waals surface area contributed by atoms with E-state index >= 15 is 0 Å². The van der Waals surface area contributed by atoms with Gasteiger partial charge < -0.3 is 9.88 Å². The van der Waals surface area contributed by atoms with Gasteiger partial charge in [0, 0.05) is 31.0 Å². The van der Waals surface area contributed by atoms with Crippen LogP contribution in [0.4, 0.5) is 5.82 Å². The molecule has 0 unspecified atom stereocenters. The zero-order valence-corrected chi connectivity index (χ0v) is 18.0. The first-order valence-corrected chi connectivity index (χ1v) is 10.8. The normalized spacial score (nSPS) is 11.9. The highest BCUT2D eigenvalue weighted by atomic mass is 32.2. The van der Waals surface area contributed by atoms with E-state index in [-0.39, 0.29) is 17.6 Å². The molecular formula is C18H26N8O2S. The first-order chi connectivity index (χ1) is 13.7. The van der Waals surface area contributed by atoms with Gasteiger partial charge in [0.1, 0.15) is 5.82 Å². The summed E-state index contributed by atoms with van der Waals surface area (Å²) in [5, 5.41) is 15.8. The maximum atomic E-state index is 12.3. The van der Waals surface area contributed by atoms with E-state index in [1.165, 1.54) is 12.5 Å². The molecule has 0 aromatic carbocycles. The number of anilines is 1. The highest BCUT2D eigenvalue weighted by molar-refractivity contribution is 7.89. The number of imidazole rings is 1. The zero-order valence-electron chi connectivity index (χ0n) is 17.2. The van der Waals surface area contributed by atoms with Gasteiger partial charge in [-0.2, -0.15) is 5.10 Å². The van der Waals surface area contributed by atoms with Crippen molar-refractivity contribution in [1.29, 1.82) is 0 Å². The molecule has 3 rings (SSSR count). The van der Waals surface area contributed by atoms with Gasteiger partial charge in [0.15, 0.2) is 10.8 Å². The van der Waals surface area contributed by atoms with E-state index in [4.69, 9.17) is 0 Å². The highest BCUT2D eigenvalue weighted by Crippen LogP contribution is 2.15. The molecule has 0 aliphatic carbocycles. The van der Waals surface area contributed by atoms with Crippen molar-refractivity contribution in [3.05, 3.63) is 41.6 Å². The molecule has 156 valence electrons. The quantitative estimate of drug-likeness (QED) is 0.535. The smallest absolute Gasteiger partial charge is 0.259 e. The van der Waals surface area contributed by atoms with Crippen molar-refractivity contribution in [2.45, 2.75) is 45.7 Å². The summed E-state index contributed by atoms with van der Waals surface area (Å²) in [6.45, 7) is 10.4. The number of hydrogen-bond donors (Lipinski definition) is 2. The van der Waals surface area contributed by atoms with Crippen LogP contribution in [0.3, 0.4) is 0 Å². The summed E-state index contributed by atoms with van der Waals surface area (Å²) in [6, 6.07) is 3.75. The minimum Gasteiger partial charge on any atom is -0.367 e. The van der Waals surface area contributed by atoms with Gasteiger partial charge in [0.2, 0.25) is 0 Å². The fraction of sp³-hybridized carbons (Fsp3) is 0.444. The van der Waals surface area contributed by atoms with E-state index in [0.717, 1.165) is 17.0 Å². The molecule has 2 N–H and O–H groups in total. The van der Waals surface area contributed by atoms with Gasteiger partial charge in [-0.1, -0.05) is 0 Å². The third-order valence-corrected chi connectivity index (χ3v) is 6.04. The van der Waals surface area contributed by atoms with Crippen molar-refractivity contribution in [3.8, 4) is 5.82 Å². The third-order valence-electron chi connectivity index (χ3n) is 4.69. The zero-order chi connectivity index (χ0) is 21.2. The summed E-state index contributed by atoms with van der Waals surface area (Å²) < 4.78 is 30.6. The molecule has 0 atom stereocenters. The summed E-state index contributed by atoms with van der Waals surface area (Å²) in [5.41, 5.74) is 3.10. The van der Waals surface area contributed by atoms with E-state index in [2.05, 4.69) is 30.3 Å². The number of hydrogen-bond acceptors (Lipinski definition) is 7. The number of nitrogens with zero attached hydrogens (tertiary/aromatic N) is 6. The molecule has 3 aromatic rings. The standard InChI is InChI=1S/C18H26N8O2S/c1-12(2)25-10-18(20-11-25)29(27,28)21-9-8-19-16-6-7-17(23-22-16)26-15(5)13(3)14(4)24-26/h6-7,10-12,21H,8-9H2,1-5H3,(H,19,22). The molecule has 3 heterocycles. The van der Waals surface area contributed by atoms with Crippen molar-refractivity contribution in [3.63, 3.8) is 0 Å². The van der Waals surface area contributed by atoms with Crippen LogP contribution in [0.1, 0.15) is 36.8 Å². The molecule has 3 aromatic heterocycles. The van der Waals surface area contributed by atoms with Crippen molar-refractivity contribution in [2.24, 2.45) is 0 Å². The summed E-state index contributed by atoms with van der Waals surface area (Å²) in [7, 11) is -3.65. The molecule has 0 radical (unpaired) electrons. The first-order valence-electron chi connectivity index (χ1n) is 9.33. The molecule has 0 amide bonds. The predicted molar refractivity (Wildman–Crippen MR) is 110 cm³/mol. The average molecular weight is 419 g/mol. The predicted octanol–water partition coefficient (Wildman–Crippen LogP) is 1.76. The second kappa shape index (κ2) is 8.29. The van der Waals surface area contributed by atoms with Gasteiger partial charge in [0.25, 0.3) is 10.0 Å². The van der Waals surface area contributed by atoms with Crippen LogP contribution in [-0.4, -0.2) is 51.0 Å². The third kappa shape index (κ3) is 4.62. The summed E-state index contributed by atoms with van der Waals surface area (Å²) in [5.74, 6) is 1.18. The van der Waals surface area contributed by atoms with Crippen LogP contribution in [0.15, 0.2) is 29.7 Å². The fourth-order valence-corrected chi connectivity index (χ4v) is 3.63. The monoisotopic (exact) mass is 418 g/mol. The molecule has 0 spiro atoms. The minimum atomic E-state index is -3.65. The molecule has 0 aliphatic heterocycles. The lowest BCUT2D eigenvalue weighted by molar-refractivity contribution is 0.577. The van der Waals surface area contributed by atoms with Gasteiger partial charge in [-0.15, -0.1) is 10.2 Å². The molecule has 0 aliphatic rings. The molecule has 0 bridgehead atoms. The molecule has 10 nitrogen and oxygen atoms in total. The lowest BCUT2D eigenvalue weighted by Crippen LogP contribution is -2.29. The van der Waals surface area contributed by atoms with Crippen LogP contribution >= 0.6 is 0 Å². The number of nitrogens with one attached hydrogen (secondary N) is 2. The van der Waals surface area contributed by atoms with Crippen LogP contribution in [-0.2, 0) is 10.0 Å². The Morgan fingerprint density at radius 2 is 1.86 bits per heavy atom. The second-order valence-electron chi connectivity index (χ2n) is 7.06. The fourth-order valence-electron chi connectivity index (χ4n) is 2.67. The van der Waals surface area contributed by atoms with Crippen molar-refractivity contribution < 1.29 is 8.42 Å². The SMILES string of the molecule is Cc1nn(-c2ccc(NCCNS(=O)(=O)c3cn(C(C)C)cn3)nn2)c(C)c1C. The second-order valence-corrected chi connectivity index (χ2v) is 8.78. The van der Waals surface area contributed by atoms with Crippen LogP contribution in [0.5, 0.6) is 0 Å². The van der Waals surface area contributed by atoms with E-state index in [9.17, 15) is 8.42 Å². The molecular weight excluding hydrogens is 392 g/mol. The van der Waals surface area contributed by atoms with Crippen LogP contribution in [0, 0.1) is 20.8 Å². The minimum absolute atomic E-state index is 0.00974. The van der Waals surface area contributed by atoms with Gasteiger partial charge in [0.05, 0.1) is 12.0 Å². The molecule has 0 saturated carbocycles. The van der Waals surface area contributed by atoms with E-state index in [1.54, 1.807) is 15.3 Å². The van der Waals surface area contributed by atoms with Crippen molar-refractivity contribution >= 4 is 15.8 Å². The molecule has 29 heavy (non-hydrogen) atoms. The number of aromatic nitrogens is 6. The Labute approximate surface area is 170 Å². The Hall–Kier alpha value is -2.79. The van der Waals surface area contributed by atoms with Crippen LogP contribution in [0.2, 0.25) is 0 Å². The Bertz CT molecular complexity index is 1080. The van der Waals surface area contributed by atoms with E-state index in [1.807, 2.05) is 40.7 Å². The highest BCUT2D eigenvalue weighted by Gasteiger charge is 2.17. The summed E-state index contributed by atoms with van der Waals surface area (Å²) in [4.78, 5) is 3.96. The van der Waals surface area contributed by atoms with Crippen LogP contribution < -0.4 is 10.0 Å². The lowest BCUT2D eigenvalue weighted by atomic mass is 10.2. The van der Waals surface area contributed by atoms with Gasteiger partial charge in [-0.3, -0.25) is 0 Å². The van der Waals surface area contributed by atoms with Gasteiger partial charge in [-0.05, 0) is 52.3 Å². The molecule has 11 heteroatoms. The largest absolute Gasteiger partial charge is 0.367 e. The Morgan fingerprint density at radius 1 is 1.10 bits per heavy atom. The number of sulfonamides is 1. The Balaban J connectivity index is 1.54. The van der Waals surface area contributed by atoms with Crippen molar-refractivity contribution in [2.75, 3.05) is 18.4 Å². The maximum absolute atomic E-state index is 12.3. The van der Waals surface area contributed by atoms with E-state index in [0.29, 0.717) is 18.2 Å². The lowest BCUT2D eigenvalue weighted by Gasteiger charge is -2.08. The molecule has 0 saturated heterocycles. The number of rotatable bonds is 8. The Kier molecular flexibility index (Phi) is 5.99. The van der Waals surface area contributed by atoms with Crippen molar-refractivity contribution in [1.82, 2.24) is 34.3 Å². The van der Waals surface area contributed by atoms with Gasteiger partial charge in [-0.25, -0.2) is 22.8 Å². The first kappa shape index (κ1) is 20.9. The number of aryl methyl sites for hydroxylation is 1. The summed E-state index contributed by atoms with van der Waals surface area (Å²) in [6.07, 6.45) is 3.03. The van der Waals surface area contributed by atoms with Crippen LogP contribution in [0.25, 0.3) is 5.82 Å². The Morgan fingerprint density at radius 3 is 2.41 bits per heavy atom. The van der Waals surface area contributed by atoms with E-state index < -0.39 is 10.0 Å². The van der Waals surface area contributed by atoms with Gasteiger partial charge >= 0.3 is 0 Å².